The van der Waals surface area contributed by atoms with E-state index in [0.29, 0.717) is 16.3 Å². The maximum atomic E-state index is 12.2. The van der Waals surface area contributed by atoms with Gasteiger partial charge in [-0.2, -0.15) is 5.10 Å². The highest BCUT2D eigenvalue weighted by Crippen LogP contribution is 2.18. The van der Waals surface area contributed by atoms with E-state index in [4.69, 9.17) is 11.6 Å². The summed E-state index contributed by atoms with van der Waals surface area (Å²) in [6.07, 6.45) is 1.48. The molecule has 0 fully saturated rings. The lowest BCUT2D eigenvalue weighted by atomic mass is 10.1. The largest absolute Gasteiger partial charge is 0.287 e. The Balaban J connectivity index is 2.47. The van der Waals surface area contributed by atoms with E-state index >= 15 is 0 Å². The molecule has 2 aromatic rings. The van der Waals surface area contributed by atoms with E-state index in [-0.39, 0.29) is 5.78 Å². The van der Waals surface area contributed by atoms with Crippen LogP contribution in [-0.2, 0) is 7.05 Å². The average Bonchev–Trinajstić information content (AvgIpc) is 2.58. The summed E-state index contributed by atoms with van der Waals surface area (Å²) in [6, 6.07) is 7.42. The predicted molar refractivity (Wildman–Crippen MR) is 62.8 cm³/mol. The minimum Gasteiger partial charge on any atom is -0.287 e. The zero-order valence-electron chi connectivity index (χ0n) is 9.07. The van der Waals surface area contributed by atoms with Crippen LogP contribution in [0.1, 0.15) is 21.6 Å². The fraction of sp³-hybridized carbons (Fsp3) is 0.167. The highest BCUT2D eigenvalue weighted by atomic mass is 35.5. The molecule has 1 aromatic carbocycles. The van der Waals surface area contributed by atoms with Gasteiger partial charge in [-0.3, -0.25) is 9.48 Å². The van der Waals surface area contributed by atoms with Crippen molar-refractivity contribution < 1.29 is 4.79 Å². The van der Waals surface area contributed by atoms with E-state index in [0.717, 1.165) is 5.56 Å². The van der Waals surface area contributed by atoms with Crippen molar-refractivity contribution in [2.75, 3.05) is 0 Å². The molecular formula is C12H11ClN2O. The number of aromatic nitrogens is 2. The van der Waals surface area contributed by atoms with Crippen LogP contribution in [0.2, 0.25) is 5.02 Å². The van der Waals surface area contributed by atoms with Crippen LogP contribution in [0.15, 0.2) is 30.5 Å². The topological polar surface area (TPSA) is 34.9 Å². The predicted octanol–water partition coefficient (Wildman–Crippen LogP) is 2.61. The van der Waals surface area contributed by atoms with E-state index in [2.05, 4.69) is 5.10 Å². The average molecular weight is 235 g/mol. The van der Waals surface area contributed by atoms with Gasteiger partial charge in [0, 0.05) is 12.6 Å². The van der Waals surface area contributed by atoms with Crippen LogP contribution < -0.4 is 0 Å². The number of carbonyl (C=O) groups is 1. The molecule has 82 valence electrons. The van der Waals surface area contributed by atoms with Crippen LogP contribution >= 0.6 is 11.6 Å². The van der Waals surface area contributed by atoms with E-state index in [1.807, 2.05) is 25.1 Å². The number of rotatable bonds is 2. The summed E-state index contributed by atoms with van der Waals surface area (Å²) < 4.78 is 1.49. The van der Waals surface area contributed by atoms with Gasteiger partial charge in [-0.15, -0.1) is 0 Å². The Hall–Kier alpha value is -1.61. The fourth-order valence-corrected chi connectivity index (χ4v) is 1.84. The minimum atomic E-state index is -0.103. The molecule has 0 bridgehead atoms. The zero-order chi connectivity index (χ0) is 11.7. The van der Waals surface area contributed by atoms with Gasteiger partial charge in [-0.25, -0.2) is 0 Å². The molecule has 0 aliphatic rings. The Kier molecular flexibility index (Phi) is 2.79. The second-order valence-electron chi connectivity index (χ2n) is 3.66. The molecule has 0 radical (unpaired) electrons. The summed E-state index contributed by atoms with van der Waals surface area (Å²) in [5.41, 5.74) is 2.10. The maximum absolute atomic E-state index is 12.2. The van der Waals surface area contributed by atoms with Crippen molar-refractivity contribution in [3.05, 3.63) is 52.3 Å². The van der Waals surface area contributed by atoms with Crippen LogP contribution in [0, 0.1) is 6.92 Å². The smallest absolute Gasteiger partial charge is 0.212 e. The SMILES string of the molecule is Cc1cccc(C(=O)c2c(Cl)cnn2C)c1. The Morgan fingerprint density at radius 1 is 1.44 bits per heavy atom. The van der Waals surface area contributed by atoms with Crippen molar-refractivity contribution >= 4 is 17.4 Å². The molecule has 0 spiro atoms. The quantitative estimate of drug-likeness (QED) is 0.749. The maximum Gasteiger partial charge on any atom is 0.212 e. The van der Waals surface area contributed by atoms with Gasteiger partial charge in [0.1, 0.15) is 5.69 Å². The summed E-state index contributed by atoms with van der Waals surface area (Å²) >= 11 is 5.93. The second-order valence-corrected chi connectivity index (χ2v) is 4.07. The lowest BCUT2D eigenvalue weighted by Gasteiger charge is -2.03. The molecule has 0 amide bonds. The van der Waals surface area contributed by atoms with Crippen molar-refractivity contribution in [1.29, 1.82) is 0 Å². The molecule has 16 heavy (non-hydrogen) atoms. The van der Waals surface area contributed by atoms with Crippen molar-refractivity contribution in [2.45, 2.75) is 6.92 Å². The molecule has 0 unspecified atom stereocenters. The van der Waals surface area contributed by atoms with Gasteiger partial charge in [0.05, 0.1) is 11.2 Å². The summed E-state index contributed by atoms with van der Waals surface area (Å²) in [5, 5.41) is 4.33. The van der Waals surface area contributed by atoms with Gasteiger partial charge in [-0.05, 0) is 13.0 Å². The normalized spacial score (nSPS) is 10.4. The molecular weight excluding hydrogens is 224 g/mol. The van der Waals surface area contributed by atoms with Crippen molar-refractivity contribution in [2.24, 2.45) is 7.05 Å². The van der Waals surface area contributed by atoms with Gasteiger partial charge in [0.2, 0.25) is 5.78 Å². The number of hydrogen-bond donors (Lipinski definition) is 0. The molecule has 1 aromatic heterocycles. The third-order valence-corrected chi connectivity index (χ3v) is 2.67. The number of halogens is 1. The Bertz CT molecular complexity index is 526. The number of hydrogen-bond acceptors (Lipinski definition) is 2. The Labute approximate surface area is 98.7 Å². The Morgan fingerprint density at radius 2 is 2.19 bits per heavy atom. The van der Waals surface area contributed by atoms with Gasteiger partial charge >= 0.3 is 0 Å². The van der Waals surface area contributed by atoms with E-state index in [9.17, 15) is 4.79 Å². The highest BCUT2D eigenvalue weighted by Gasteiger charge is 2.17. The molecule has 1 heterocycles. The van der Waals surface area contributed by atoms with E-state index in [1.165, 1.54) is 10.9 Å². The van der Waals surface area contributed by atoms with Crippen LogP contribution in [0.5, 0.6) is 0 Å². The first-order valence-electron chi connectivity index (χ1n) is 4.88. The zero-order valence-corrected chi connectivity index (χ0v) is 9.82. The van der Waals surface area contributed by atoms with E-state index in [1.54, 1.807) is 13.1 Å². The summed E-state index contributed by atoms with van der Waals surface area (Å²) in [7, 11) is 1.70. The van der Waals surface area contributed by atoms with Crippen LogP contribution in [0.4, 0.5) is 0 Å². The second kappa shape index (κ2) is 4.10. The number of nitrogens with zero attached hydrogens (tertiary/aromatic N) is 2. The first-order chi connectivity index (χ1) is 7.59. The molecule has 0 N–H and O–H groups in total. The molecule has 2 rings (SSSR count). The van der Waals surface area contributed by atoms with Crippen molar-refractivity contribution in [1.82, 2.24) is 9.78 Å². The molecule has 4 heteroatoms. The third kappa shape index (κ3) is 1.86. The lowest BCUT2D eigenvalue weighted by Crippen LogP contribution is -2.08. The third-order valence-electron chi connectivity index (χ3n) is 2.39. The highest BCUT2D eigenvalue weighted by molar-refractivity contribution is 6.34. The summed E-state index contributed by atoms with van der Waals surface area (Å²) in [6.45, 7) is 1.95. The number of benzene rings is 1. The molecule has 0 aliphatic heterocycles. The molecule has 3 nitrogen and oxygen atoms in total. The first kappa shape index (κ1) is 10.9. The van der Waals surface area contributed by atoms with Gasteiger partial charge in [0.25, 0.3) is 0 Å². The molecule has 0 atom stereocenters. The molecule has 0 saturated heterocycles. The fourth-order valence-electron chi connectivity index (χ4n) is 1.59. The van der Waals surface area contributed by atoms with Crippen molar-refractivity contribution in [3.63, 3.8) is 0 Å². The van der Waals surface area contributed by atoms with Crippen molar-refractivity contribution in [3.8, 4) is 0 Å². The van der Waals surface area contributed by atoms with Gasteiger partial charge in [-0.1, -0.05) is 35.4 Å². The van der Waals surface area contributed by atoms with Gasteiger partial charge in [0.15, 0.2) is 0 Å². The number of ketones is 1. The number of aryl methyl sites for hydroxylation is 2. The van der Waals surface area contributed by atoms with E-state index < -0.39 is 0 Å². The van der Waals surface area contributed by atoms with Crippen LogP contribution in [0.3, 0.4) is 0 Å². The summed E-state index contributed by atoms with van der Waals surface area (Å²) in [4.78, 5) is 12.2. The Morgan fingerprint density at radius 3 is 2.75 bits per heavy atom. The molecule has 0 saturated carbocycles. The molecule has 0 aliphatic carbocycles. The van der Waals surface area contributed by atoms with Crippen LogP contribution in [0.25, 0.3) is 0 Å². The first-order valence-corrected chi connectivity index (χ1v) is 5.26. The monoisotopic (exact) mass is 234 g/mol. The standard InChI is InChI=1S/C12H11ClN2O/c1-8-4-3-5-9(6-8)12(16)11-10(13)7-14-15(11)2/h3-7H,1-2H3. The lowest BCUT2D eigenvalue weighted by molar-refractivity contribution is 0.103. The van der Waals surface area contributed by atoms with Gasteiger partial charge < -0.3 is 0 Å². The van der Waals surface area contributed by atoms with Crippen LogP contribution in [-0.4, -0.2) is 15.6 Å². The number of carbonyl (C=O) groups excluding carboxylic acids is 1. The minimum absolute atomic E-state index is 0.103. The summed E-state index contributed by atoms with van der Waals surface area (Å²) in [5.74, 6) is -0.103.